The number of aromatic nitrogens is 3. The van der Waals surface area contributed by atoms with E-state index < -0.39 is 5.25 Å². The Morgan fingerprint density at radius 2 is 1.89 bits per heavy atom. The number of rotatable bonds is 7. The van der Waals surface area contributed by atoms with Gasteiger partial charge in [-0.2, -0.15) is 0 Å². The first-order valence-electron chi connectivity index (χ1n) is 8.87. The summed E-state index contributed by atoms with van der Waals surface area (Å²) >= 11 is 1.27. The summed E-state index contributed by atoms with van der Waals surface area (Å²) in [7, 11) is 0. The number of hydrogen-bond acceptors (Lipinski definition) is 4. The molecule has 27 heavy (non-hydrogen) atoms. The van der Waals surface area contributed by atoms with Crippen LogP contribution in [-0.2, 0) is 11.3 Å². The van der Waals surface area contributed by atoms with E-state index in [1.54, 1.807) is 11.5 Å². The molecule has 140 valence electrons. The largest absolute Gasteiger partial charge is 0.343 e. The molecule has 0 aliphatic rings. The third kappa shape index (κ3) is 4.49. The second kappa shape index (κ2) is 8.73. The number of thioether (sulfide) groups is 1. The standard InChI is InChI=1S/C20H22N4O2S/c1-3-13-24-19(26)22-23-20(24)27-14(2)18(25)21-17-12-8-7-11-16(17)15-9-5-4-6-10-15/h4-12,14H,3,13H2,1-2H3,(H,21,25)(H,22,26)/t14-/m0/s1. The molecule has 3 aromatic rings. The molecule has 7 heteroatoms. The number of anilines is 1. The zero-order valence-electron chi connectivity index (χ0n) is 15.3. The summed E-state index contributed by atoms with van der Waals surface area (Å²) in [5, 5.41) is 9.62. The number of para-hydroxylation sites is 1. The van der Waals surface area contributed by atoms with Crippen LogP contribution >= 0.6 is 11.8 Å². The minimum atomic E-state index is -0.403. The fourth-order valence-corrected chi connectivity index (χ4v) is 3.60. The molecule has 0 saturated heterocycles. The van der Waals surface area contributed by atoms with Gasteiger partial charge in [-0.1, -0.05) is 67.2 Å². The van der Waals surface area contributed by atoms with Gasteiger partial charge in [-0.15, -0.1) is 5.10 Å². The van der Waals surface area contributed by atoms with Crippen LogP contribution in [0.5, 0.6) is 0 Å². The van der Waals surface area contributed by atoms with Crippen LogP contribution in [0.2, 0.25) is 0 Å². The third-order valence-electron chi connectivity index (χ3n) is 4.09. The van der Waals surface area contributed by atoms with Crippen molar-refractivity contribution in [2.45, 2.75) is 37.2 Å². The SMILES string of the molecule is CCCn1c(S[C@@H](C)C(=O)Nc2ccccc2-c2ccccc2)n[nH]c1=O. The Bertz CT molecular complexity index is 965. The monoisotopic (exact) mass is 382 g/mol. The molecule has 6 nitrogen and oxygen atoms in total. The molecule has 0 radical (unpaired) electrons. The normalized spacial score (nSPS) is 11.9. The highest BCUT2D eigenvalue weighted by atomic mass is 32.2. The van der Waals surface area contributed by atoms with Gasteiger partial charge in [-0.05, 0) is 25.0 Å². The summed E-state index contributed by atoms with van der Waals surface area (Å²) < 4.78 is 1.56. The van der Waals surface area contributed by atoms with Crippen molar-refractivity contribution in [2.75, 3.05) is 5.32 Å². The maximum Gasteiger partial charge on any atom is 0.343 e. The van der Waals surface area contributed by atoms with Crippen LogP contribution < -0.4 is 11.0 Å². The Balaban J connectivity index is 1.76. The molecule has 0 aliphatic carbocycles. The highest BCUT2D eigenvalue weighted by Crippen LogP contribution is 2.29. The van der Waals surface area contributed by atoms with Gasteiger partial charge in [0.15, 0.2) is 5.16 Å². The van der Waals surface area contributed by atoms with Gasteiger partial charge in [0.1, 0.15) is 0 Å². The van der Waals surface area contributed by atoms with Crippen LogP contribution in [0.4, 0.5) is 5.69 Å². The van der Waals surface area contributed by atoms with Gasteiger partial charge in [-0.25, -0.2) is 9.89 Å². The molecule has 0 saturated carbocycles. The predicted molar refractivity (Wildman–Crippen MR) is 109 cm³/mol. The van der Waals surface area contributed by atoms with Crippen molar-refractivity contribution < 1.29 is 4.79 Å². The van der Waals surface area contributed by atoms with Gasteiger partial charge in [0.2, 0.25) is 5.91 Å². The maximum absolute atomic E-state index is 12.7. The van der Waals surface area contributed by atoms with E-state index in [9.17, 15) is 9.59 Å². The lowest BCUT2D eigenvalue weighted by Crippen LogP contribution is -2.24. The van der Waals surface area contributed by atoms with Crippen LogP contribution in [0.1, 0.15) is 20.3 Å². The van der Waals surface area contributed by atoms with Crippen LogP contribution in [0, 0.1) is 0 Å². The Labute approximate surface area is 162 Å². The molecule has 0 unspecified atom stereocenters. The van der Waals surface area contributed by atoms with Crippen molar-refractivity contribution in [2.24, 2.45) is 0 Å². The first-order chi connectivity index (χ1) is 13.1. The van der Waals surface area contributed by atoms with Gasteiger partial charge in [-0.3, -0.25) is 9.36 Å². The fourth-order valence-electron chi connectivity index (χ4n) is 2.72. The number of hydrogen-bond donors (Lipinski definition) is 2. The Morgan fingerprint density at radius 1 is 1.19 bits per heavy atom. The lowest BCUT2D eigenvalue weighted by molar-refractivity contribution is -0.115. The first-order valence-corrected chi connectivity index (χ1v) is 9.75. The minimum Gasteiger partial charge on any atom is -0.325 e. The molecular formula is C20H22N4O2S. The average molecular weight is 382 g/mol. The van der Waals surface area contributed by atoms with Crippen LogP contribution in [-0.4, -0.2) is 25.9 Å². The van der Waals surface area contributed by atoms with Crippen molar-refractivity contribution >= 4 is 23.4 Å². The second-order valence-corrected chi connectivity index (χ2v) is 7.43. The lowest BCUT2D eigenvalue weighted by atomic mass is 10.0. The zero-order valence-corrected chi connectivity index (χ0v) is 16.1. The highest BCUT2D eigenvalue weighted by molar-refractivity contribution is 8.00. The highest BCUT2D eigenvalue weighted by Gasteiger charge is 2.20. The predicted octanol–water partition coefficient (Wildman–Crippen LogP) is 3.77. The first kappa shape index (κ1) is 19.0. The van der Waals surface area contributed by atoms with Crippen molar-refractivity contribution in [1.82, 2.24) is 14.8 Å². The summed E-state index contributed by atoms with van der Waals surface area (Å²) in [5.41, 5.74) is 2.51. The van der Waals surface area contributed by atoms with Gasteiger partial charge in [0.25, 0.3) is 0 Å². The van der Waals surface area contributed by atoms with Crippen LogP contribution in [0.25, 0.3) is 11.1 Å². The Morgan fingerprint density at radius 3 is 2.63 bits per heavy atom. The summed E-state index contributed by atoms with van der Waals surface area (Å²) in [6.07, 6.45) is 0.817. The van der Waals surface area contributed by atoms with E-state index in [0.717, 1.165) is 23.2 Å². The lowest BCUT2D eigenvalue weighted by Gasteiger charge is -2.15. The molecule has 3 rings (SSSR count). The third-order valence-corrected chi connectivity index (χ3v) is 5.18. The molecule has 0 bridgehead atoms. The Kier molecular flexibility index (Phi) is 6.13. The second-order valence-electron chi connectivity index (χ2n) is 6.12. The van der Waals surface area contributed by atoms with E-state index in [1.165, 1.54) is 11.8 Å². The number of amides is 1. The quantitative estimate of drug-likeness (QED) is 0.610. The molecule has 2 N–H and O–H groups in total. The van der Waals surface area contributed by atoms with Gasteiger partial charge >= 0.3 is 5.69 Å². The molecule has 1 heterocycles. The van der Waals surface area contributed by atoms with Crippen LogP contribution in [0.3, 0.4) is 0 Å². The molecule has 1 amide bonds. The number of H-pyrrole nitrogens is 1. The smallest absolute Gasteiger partial charge is 0.325 e. The molecule has 0 spiro atoms. The van der Waals surface area contributed by atoms with Crippen molar-refractivity contribution in [3.05, 3.63) is 65.1 Å². The molecular weight excluding hydrogens is 360 g/mol. The van der Waals surface area contributed by atoms with Crippen molar-refractivity contribution in [3.63, 3.8) is 0 Å². The fraction of sp³-hybridized carbons (Fsp3) is 0.250. The topological polar surface area (TPSA) is 79.8 Å². The summed E-state index contributed by atoms with van der Waals surface area (Å²) in [5.74, 6) is -0.137. The molecule has 2 aromatic carbocycles. The summed E-state index contributed by atoms with van der Waals surface area (Å²) in [6.45, 7) is 4.37. The molecule has 0 fully saturated rings. The number of nitrogens with zero attached hydrogens (tertiary/aromatic N) is 2. The molecule has 0 aliphatic heterocycles. The van der Waals surface area contributed by atoms with E-state index in [2.05, 4.69) is 15.5 Å². The van der Waals surface area contributed by atoms with E-state index in [4.69, 9.17) is 0 Å². The number of carbonyl (C=O) groups excluding carboxylic acids is 1. The Hall–Kier alpha value is -2.80. The van der Waals surface area contributed by atoms with Gasteiger partial charge in [0, 0.05) is 17.8 Å². The summed E-state index contributed by atoms with van der Waals surface area (Å²) in [6, 6.07) is 17.6. The van der Waals surface area contributed by atoms with Crippen molar-refractivity contribution in [1.29, 1.82) is 0 Å². The van der Waals surface area contributed by atoms with Gasteiger partial charge < -0.3 is 5.32 Å². The number of carbonyl (C=O) groups is 1. The number of aromatic amines is 1. The van der Waals surface area contributed by atoms with Crippen molar-refractivity contribution in [3.8, 4) is 11.1 Å². The van der Waals surface area contributed by atoms with Crippen LogP contribution in [0.15, 0.2) is 64.5 Å². The number of nitrogens with one attached hydrogen (secondary N) is 2. The molecule has 1 atom stereocenters. The maximum atomic E-state index is 12.7. The minimum absolute atomic E-state index is 0.137. The van der Waals surface area contributed by atoms with E-state index in [0.29, 0.717) is 11.7 Å². The van der Waals surface area contributed by atoms with E-state index >= 15 is 0 Å². The average Bonchev–Trinajstić information content (AvgIpc) is 3.03. The van der Waals surface area contributed by atoms with E-state index in [1.807, 2.05) is 61.5 Å². The molecule has 1 aromatic heterocycles. The zero-order chi connectivity index (χ0) is 19.2. The summed E-state index contributed by atoms with van der Waals surface area (Å²) in [4.78, 5) is 24.5. The van der Waals surface area contributed by atoms with Gasteiger partial charge in [0.05, 0.1) is 5.25 Å². The van der Waals surface area contributed by atoms with E-state index in [-0.39, 0.29) is 11.6 Å². The number of benzene rings is 2.